The van der Waals surface area contributed by atoms with Crippen LogP contribution in [0.4, 0.5) is 0 Å². The Kier molecular flexibility index (Phi) is 8.44. The summed E-state index contributed by atoms with van der Waals surface area (Å²) in [5.41, 5.74) is 6.99. The van der Waals surface area contributed by atoms with Crippen LogP contribution in [0.3, 0.4) is 0 Å². The molecule has 22 heavy (non-hydrogen) atoms. The summed E-state index contributed by atoms with van der Waals surface area (Å²) in [6, 6.07) is 8.40. The minimum absolute atomic E-state index is 0. The number of nitrogens with two attached hydrogens (primary N) is 1. The average molecular weight is 390 g/mol. The summed E-state index contributed by atoms with van der Waals surface area (Å²) in [5, 5.41) is 3.24. The lowest BCUT2D eigenvalue weighted by Gasteiger charge is -2.23. The summed E-state index contributed by atoms with van der Waals surface area (Å²) >= 11 is 3.56. The molecule has 124 valence electrons. The van der Waals surface area contributed by atoms with Crippen molar-refractivity contribution in [2.45, 2.75) is 45.1 Å². The number of carbonyl (C=O) groups is 1. The second kappa shape index (κ2) is 9.53. The molecule has 1 aromatic rings. The molecule has 3 unspecified atom stereocenters. The second-order valence-electron chi connectivity index (χ2n) is 5.94. The van der Waals surface area contributed by atoms with Gasteiger partial charge >= 0.3 is 0 Å². The Balaban J connectivity index is 0.00000242. The van der Waals surface area contributed by atoms with Crippen molar-refractivity contribution in [3.8, 4) is 0 Å². The fraction of sp³-hybridized carbons (Fsp3) is 0.588. The average Bonchev–Trinajstić information content (AvgIpc) is 2.93. The van der Waals surface area contributed by atoms with Crippen LogP contribution in [0.2, 0.25) is 0 Å². The molecule has 0 heterocycles. The third kappa shape index (κ3) is 4.97. The third-order valence-corrected chi connectivity index (χ3v) is 5.35. The number of rotatable bonds is 6. The monoisotopic (exact) mass is 388 g/mol. The summed E-state index contributed by atoms with van der Waals surface area (Å²) in [7, 11) is 0. The zero-order valence-corrected chi connectivity index (χ0v) is 15.5. The van der Waals surface area contributed by atoms with E-state index in [-0.39, 0.29) is 30.3 Å². The zero-order chi connectivity index (χ0) is 15.2. The highest BCUT2D eigenvalue weighted by atomic mass is 79.9. The molecule has 1 aliphatic carbocycles. The van der Waals surface area contributed by atoms with E-state index in [1.165, 1.54) is 12.0 Å². The van der Waals surface area contributed by atoms with Crippen LogP contribution in [0, 0.1) is 11.8 Å². The highest BCUT2D eigenvalue weighted by Crippen LogP contribution is 2.26. The lowest BCUT2D eigenvalue weighted by molar-refractivity contribution is -0.126. The molecule has 0 radical (unpaired) electrons. The first-order valence-corrected chi connectivity index (χ1v) is 8.68. The number of amides is 1. The smallest absolute Gasteiger partial charge is 0.223 e. The molecule has 3 N–H and O–H groups in total. The van der Waals surface area contributed by atoms with Crippen molar-refractivity contribution in [2.24, 2.45) is 17.6 Å². The molecule has 0 bridgehead atoms. The Hall–Kier alpha value is -0.580. The number of hydrogen-bond acceptors (Lipinski definition) is 2. The summed E-state index contributed by atoms with van der Waals surface area (Å²) in [5.74, 6) is 0.663. The second-order valence-corrected chi connectivity index (χ2v) is 6.80. The largest absolute Gasteiger partial charge is 0.353 e. The van der Waals surface area contributed by atoms with Crippen LogP contribution in [-0.2, 0) is 11.2 Å². The highest BCUT2D eigenvalue weighted by molar-refractivity contribution is 9.10. The summed E-state index contributed by atoms with van der Waals surface area (Å²) in [4.78, 5) is 12.5. The van der Waals surface area contributed by atoms with E-state index in [0.717, 1.165) is 30.2 Å². The standard InChI is InChI=1S/C17H25BrN2O.ClH/c1-2-12(10-13-6-3-4-8-15(13)18)17(21)20-16-9-5-7-14(16)11-19;/h3-4,6,8,12,14,16H,2,5,7,9-11,19H2,1H3,(H,20,21);1H. The molecule has 1 aromatic carbocycles. The van der Waals surface area contributed by atoms with Gasteiger partial charge in [-0.15, -0.1) is 12.4 Å². The van der Waals surface area contributed by atoms with Crippen molar-refractivity contribution in [1.29, 1.82) is 0 Å². The maximum Gasteiger partial charge on any atom is 0.223 e. The van der Waals surface area contributed by atoms with Crippen molar-refractivity contribution in [3.63, 3.8) is 0 Å². The molecule has 1 aliphatic rings. The molecule has 3 nitrogen and oxygen atoms in total. The quantitative estimate of drug-likeness (QED) is 0.779. The van der Waals surface area contributed by atoms with Crippen molar-refractivity contribution < 1.29 is 4.79 Å². The molecule has 0 saturated heterocycles. The Morgan fingerprint density at radius 3 is 2.77 bits per heavy atom. The number of carbonyl (C=O) groups excluding carboxylic acids is 1. The topological polar surface area (TPSA) is 55.1 Å². The van der Waals surface area contributed by atoms with Crippen LogP contribution >= 0.6 is 28.3 Å². The third-order valence-electron chi connectivity index (χ3n) is 4.58. The predicted octanol–water partition coefficient (Wildman–Crippen LogP) is 3.68. The van der Waals surface area contributed by atoms with E-state index in [4.69, 9.17) is 5.73 Å². The number of halogens is 2. The first kappa shape index (κ1) is 19.5. The van der Waals surface area contributed by atoms with Crippen LogP contribution < -0.4 is 11.1 Å². The van der Waals surface area contributed by atoms with E-state index in [0.29, 0.717) is 12.5 Å². The van der Waals surface area contributed by atoms with Gasteiger partial charge in [-0.1, -0.05) is 47.5 Å². The fourth-order valence-electron chi connectivity index (χ4n) is 3.16. The van der Waals surface area contributed by atoms with E-state index in [1.54, 1.807) is 0 Å². The van der Waals surface area contributed by atoms with Gasteiger partial charge in [-0.2, -0.15) is 0 Å². The number of hydrogen-bond donors (Lipinski definition) is 2. The van der Waals surface area contributed by atoms with Gasteiger partial charge in [-0.3, -0.25) is 4.79 Å². The van der Waals surface area contributed by atoms with Crippen LogP contribution in [0.1, 0.15) is 38.2 Å². The number of benzene rings is 1. The van der Waals surface area contributed by atoms with Crippen LogP contribution in [-0.4, -0.2) is 18.5 Å². The van der Waals surface area contributed by atoms with Crippen molar-refractivity contribution in [1.82, 2.24) is 5.32 Å². The van der Waals surface area contributed by atoms with Gasteiger partial charge in [0.15, 0.2) is 0 Å². The minimum Gasteiger partial charge on any atom is -0.353 e. The zero-order valence-electron chi connectivity index (χ0n) is 13.1. The maximum absolute atomic E-state index is 12.5. The van der Waals surface area contributed by atoms with E-state index < -0.39 is 0 Å². The van der Waals surface area contributed by atoms with E-state index in [9.17, 15) is 4.79 Å². The highest BCUT2D eigenvalue weighted by Gasteiger charge is 2.29. The Morgan fingerprint density at radius 2 is 2.14 bits per heavy atom. The summed E-state index contributed by atoms with van der Waals surface area (Å²) in [6.45, 7) is 2.75. The van der Waals surface area contributed by atoms with Gasteiger partial charge in [-0.25, -0.2) is 0 Å². The normalized spacial score (nSPS) is 22.0. The molecule has 1 amide bonds. The molecule has 0 aromatic heterocycles. The molecular weight excluding hydrogens is 364 g/mol. The lowest BCUT2D eigenvalue weighted by Crippen LogP contribution is -2.43. The van der Waals surface area contributed by atoms with E-state index in [1.807, 2.05) is 18.2 Å². The molecular formula is C17H26BrClN2O. The Bertz CT molecular complexity index is 483. The molecule has 2 rings (SSSR count). The molecule has 1 fully saturated rings. The first-order valence-electron chi connectivity index (χ1n) is 7.89. The summed E-state index contributed by atoms with van der Waals surface area (Å²) < 4.78 is 1.08. The Labute approximate surface area is 148 Å². The van der Waals surface area contributed by atoms with Gasteiger partial charge in [0.2, 0.25) is 5.91 Å². The van der Waals surface area contributed by atoms with Gasteiger partial charge in [0.05, 0.1) is 0 Å². The van der Waals surface area contributed by atoms with Crippen LogP contribution in [0.5, 0.6) is 0 Å². The van der Waals surface area contributed by atoms with E-state index >= 15 is 0 Å². The lowest BCUT2D eigenvalue weighted by atomic mass is 9.95. The molecule has 0 spiro atoms. The van der Waals surface area contributed by atoms with Gasteiger partial charge < -0.3 is 11.1 Å². The minimum atomic E-state index is 0. The first-order chi connectivity index (χ1) is 10.2. The van der Waals surface area contributed by atoms with Gasteiger partial charge in [0.25, 0.3) is 0 Å². The molecule has 1 saturated carbocycles. The summed E-state index contributed by atoms with van der Waals surface area (Å²) in [6.07, 6.45) is 5.02. The van der Waals surface area contributed by atoms with Crippen LogP contribution in [0.25, 0.3) is 0 Å². The van der Waals surface area contributed by atoms with Gasteiger partial charge in [-0.05, 0) is 49.8 Å². The number of nitrogens with one attached hydrogen (secondary N) is 1. The van der Waals surface area contributed by atoms with Gasteiger partial charge in [0, 0.05) is 16.4 Å². The van der Waals surface area contributed by atoms with E-state index in [2.05, 4.69) is 34.2 Å². The predicted molar refractivity (Wildman–Crippen MR) is 97.2 cm³/mol. The molecule has 5 heteroatoms. The molecule has 3 atom stereocenters. The molecule has 0 aliphatic heterocycles. The fourth-order valence-corrected chi connectivity index (χ4v) is 3.61. The van der Waals surface area contributed by atoms with Crippen molar-refractivity contribution in [3.05, 3.63) is 34.3 Å². The van der Waals surface area contributed by atoms with Gasteiger partial charge in [0.1, 0.15) is 0 Å². The van der Waals surface area contributed by atoms with Crippen molar-refractivity contribution >= 4 is 34.2 Å². The maximum atomic E-state index is 12.5. The SMILES string of the molecule is CCC(Cc1ccccc1Br)C(=O)NC1CCCC1CN.Cl. The van der Waals surface area contributed by atoms with Crippen LogP contribution in [0.15, 0.2) is 28.7 Å². The van der Waals surface area contributed by atoms with Crippen molar-refractivity contribution in [2.75, 3.05) is 6.54 Å². The Morgan fingerprint density at radius 1 is 1.41 bits per heavy atom.